The van der Waals surface area contributed by atoms with Crippen molar-refractivity contribution in [2.24, 2.45) is 11.1 Å². The zero-order chi connectivity index (χ0) is 14.9. The molecule has 4 N–H and O–H groups in total. The first-order valence-electron chi connectivity index (χ1n) is 6.44. The minimum Gasteiger partial charge on any atom is -0.481 e. The molecule has 0 aliphatic heterocycles. The minimum absolute atomic E-state index is 0.253. The summed E-state index contributed by atoms with van der Waals surface area (Å²) in [5.74, 6) is -1.41. The molecule has 2 unspecified atom stereocenters. The molecule has 1 aromatic carbocycles. The third kappa shape index (κ3) is 2.58. The minimum atomic E-state index is -0.850. The summed E-state index contributed by atoms with van der Waals surface area (Å²) in [6.45, 7) is 1.72. The van der Waals surface area contributed by atoms with Gasteiger partial charge in [0.15, 0.2) is 0 Å². The number of carboxylic acids is 1. The molecule has 1 aliphatic rings. The van der Waals surface area contributed by atoms with Gasteiger partial charge in [-0.2, -0.15) is 0 Å². The van der Waals surface area contributed by atoms with Gasteiger partial charge in [-0.3, -0.25) is 9.59 Å². The van der Waals surface area contributed by atoms with E-state index >= 15 is 0 Å². The van der Waals surface area contributed by atoms with E-state index in [2.05, 4.69) is 5.32 Å². The Morgan fingerprint density at radius 1 is 1.50 bits per heavy atom. The largest absolute Gasteiger partial charge is 0.481 e. The molecule has 2 rings (SSSR count). The number of nitrogens with one attached hydrogen (secondary N) is 1. The Hall–Kier alpha value is -1.75. The average molecular weight is 297 g/mol. The number of aliphatic carboxylic acids is 1. The van der Waals surface area contributed by atoms with Crippen LogP contribution in [0.25, 0.3) is 0 Å². The summed E-state index contributed by atoms with van der Waals surface area (Å²) in [6.07, 6.45) is 2.16. The van der Waals surface area contributed by atoms with Gasteiger partial charge in [0, 0.05) is 16.8 Å². The van der Waals surface area contributed by atoms with Crippen LogP contribution < -0.4 is 11.1 Å². The first-order chi connectivity index (χ1) is 9.34. The smallest absolute Gasteiger partial charge is 0.311 e. The van der Waals surface area contributed by atoms with E-state index in [1.54, 1.807) is 25.1 Å². The number of carbonyl (C=O) groups is 2. The van der Waals surface area contributed by atoms with E-state index in [0.717, 1.165) is 12.8 Å². The highest BCUT2D eigenvalue weighted by Crippen LogP contribution is 2.40. The summed E-state index contributed by atoms with van der Waals surface area (Å²) in [4.78, 5) is 22.9. The van der Waals surface area contributed by atoms with Crippen molar-refractivity contribution >= 4 is 29.2 Å². The van der Waals surface area contributed by atoms with E-state index in [-0.39, 0.29) is 6.04 Å². The average Bonchev–Trinajstić information content (AvgIpc) is 2.72. The Balaban J connectivity index is 2.32. The zero-order valence-electron chi connectivity index (χ0n) is 11.1. The maximum atomic E-state index is 11.5. The van der Waals surface area contributed by atoms with Gasteiger partial charge in [0.25, 0.3) is 5.91 Å². The van der Waals surface area contributed by atoms with Gasteiger partial charge in [0.05, 0.1) is 11.0 Å². The SMILES string of the molecule is CC1(C(=O)O)CCCC1Nc1cc(Cl)ccc1C(N)=O. The van der Waals surface area contributed by atoms with E-state index < -0.39 is 17.3 Å². The maximum Gasteiger partial charge on any atom is 0.311 e. The number of hydrogen-bond acceptors (Lipinski definition) is 3. The molecule has 0 aromatic heterocycles. The summed E-state index contributed by atoms with van der Waals surface area (Å²) < 4.78 is 0. The predicted molar refractivity (Wildman–Crippen MR) is 77.0 cm³/mol. The number of primary amides is 1. The summed E-state index contributed by atoms with van der Waals surface area (Å²) in [6, 6.07) is 4.47. The van der Waals surface area contributed by atoms with Crippen LogP contribution in [0.1, 0.15) is 36.5 Å². The molecule has 6 heteroatoms. The van der Waals surface area contributed by atoms with Crippen LogP contribution in [0.15, 0.2) is 18.2 Å². The Labute approximate surface area is 122 Å². The van der Waals surface area contributed by atoms with Crippen molar-refractivity contribution in [2.45, 2.75) is 32.2 Å². The molecule has 0 radical (unpaired) electrons. The molecule has 0 saturated heterocycles. The molecule has 2 atom stereocenters. The number of nitrogens with two attached hydrogens (primary N) is 1. The van der Waals surface area contributed by atoms with Crippen LogP contribution in [-0.4, -0.2) is 23.0 Å². The van der Waals surface area contributed by atoms with Crippen molar-refractivity contribution in [1.82, 2.24) is 0 Å². The first-order valence-corrected chi connectivity index (χ1v) is 6.81. The highest BCUT2D eigenvalue weighted by atomic mass is 35.5. The summed E-state index contributed by atoms with van der Waals surface area (Å²) in [7, 11) is 0. The molecule has 0 heterocycles. The number of carbonyl (C=O) groups excluding carboxylic acids is 1. The maximum absolute atomic E-state index is 11.5. The second kappa shape index (κ2) is 5.32. The van der Waals surface area contributed by atoms with Gasteiger partial charge in [-0.15, -0.1) is 0 Å². The number of rotatable bonds is 4. The van der Waals surface area contributed by atoms with Crippen molar-refractivity contribution < 1.29 is 14.7 Å². The van der Waals surface area contributed by atoms with Crippen molar-refractivity contribution in [1.29, 1.82) is 0 Å². The quantitative estimate of drug-likeness (QED) is 0.796. The highest BCUT2D eigenvalue weighted by Gasteiger charge is 2.45. The van der Waals surface area contributed by atoms with E-state index in [0.29, 0.717) is 22.7 Å². The van der Waals surface area contributed by atoms with Crippen molar-refractivity contribution in [3.63, 3.8) is 0 Å². The van der Waals surface area contributed by atoms with Gasteiger partial charge >= 0.3 is 5.97 Å². The van der Waals surface area contributed by atoms with E-state index in [9.17, 15) is 14.7 Å². The Bertz CT molecular complexity index is 561. The number of hydrogen-bond donors (Lipinski definition) is 3. The number of amides is 1. The molecule has 1 fully saturated rings. The number of halogens is 1. The van der Waals surface area contributed by atoms with Crippen LogP contribution in [0, 0.1) is 5.41 Å². The molecule has 1 saturated carbocycles. The van der Waals surface area contributed by atoms with Crippen molar-refractivity contribution in [2.75, 3.05) is 5.32 Å². The fourth-order valence-electron chi connectivity index (χ4n) is 2.69. The molecule has 5 nitrogen and oxygen atoms in total. The molecule has 1 aliphatic carbocycles. The van der Waals surface area contributed by atoms with Crippen molar-refractivity contribution in [3.05, 3.63) is 28.8 Å². The van der Waals surface area contributed by atoms with Crippen LogP contribution in [0.4, 0.5) is 5.69 Å². The van der Waals surface area contributed by atoms with Crippen LogP contribution >= 0.6 is 11.6 Å². The van der Waals surface area contributed by atoms with Gasteiger partial charge in [-0.05, 0) is 38.0 Å². The van der Waals surface area contributed by atoms with Crippen molar-refractivity contribution in [3.8, 4) is 0 Å². The Morgan fingerprint density at radius 2 is 2.20 bits per heavy atom. The second-order valence-electron chi connectivity index (χ2n) is 5.37. The van der Waals surface area contributed by atoms with E-state index in [1.807, 2.05) is 0 Å². The zero-order valence-corrected chi connectivity index (χ0v) is 11.9. The lowest BCUT2D eigenvalue weighted by Crippen LogP contribution is -2.40. The van der Waals surface area contributed by atoms with Gasteiger partial charge in [0.1, 0.15) is 0 Å². The standard InChI is InChI=1S/C14H17ClN2O3/c1-14(13(19)20)6-2-3-11(14)17-10-7-8(15)4-5-9(10)12(16)18/h4-5,7,11,17H,2-3,6H2,1H3,(H2,16,18)(H,19,20). The third-order valence-electron chi connectivity index (χ3n) is 4.02. The molecular weight excluding hydrogens is 280 g/mol. The molecule has 1 amide bonds. The molecule has 0 spiro atoms. The Kier molecular flexibility index (Phi) is 3.90. The lowest BCUT2D eigenvalue weighted by atomic mass is 9.84. The topological polar surface area (TPSA) is 92.4 Å². The predicted octanol–water partition coefficient (Wildman–Crippen LogP) is 2.49. The van der Waals surface area contributed by atoms with E-state index in [4.69, 9.17) is 17.3 Å². The second-order valence-corrected chi connectivity index (χ2v) is 5.80. The lowest BCUT2D eigenvalue weighted by Gasteiger charge is -2.29. The van der Waals surface area contributed by atoms with Crippen LogP contribution in [0.5, 0.6) is 0 Å². The summed E-state index contributed by atoms with van der Waals surface area (Å²) in [5, 5.41) is 13.0. The van der Waals surface area contributed by atoms with Gasteiger partial charge in [0.2, 0.25) is 0 Å². The van der Waals surface area contributed by atoms with Gasteiger partial charge in [-0.25, -0.2) is 0 Å². The number of carboxylic acid groups (broad SMARTS) is 1. The number of anilines is 1. The lowest BCUT2D eigenvalue weighted by molar-refractivity contribution is -0.147. The third-order valence-corrected chi connectivity index (χ3v) is 4.26. The monoisotopic (exact) mass is 296 g/mol. The molecule has 1 aromatic rings. The number of benzene rings is 1. The molecule has 20 heavy (non-hydrogen) atoms. The van der Waals surface area contributed by atoms with Crippen LogP contribution in [0.3, 0.4) is 0 Å². The van der Waals surface area contributed by atoms with E-state index in [1.165, 1.54) is 0 Å². The van der Waals surface area contributed by atoms with Crippen LogP contribution in [0.2, 0.25) is 5.02 Å². The molecular formula is C14H17ClN2O3. The highest BCUT2D eigenvalue weighted by molar-refractivity contribution is 6.31. The summed E-state index contributed by atoms with van der Waals surface area (Å²) in [5.41, 5.74) is 5.28. The molecule has 0 bridgehead atoms. The first kappa shape index (κ1) is 14.7. The fourth-order valence-corrected chi connectivity index (χ4v) is 2.86. The fraction of sp³-hybridized carbons (Fsp3) is 0.429. The Morgan fingerprint density at radius 3 is 2.80 bits per heavy atom. The van der Waals surface area contributed by atoms with Gasteiger partial charge in [-0.1, -0.05) is 18.0 Å². The summed E-state index contributed by atoms with van der Waals surface area (Å²) >= 11 is 5.93. The molecule has 108 valence electrons. The van der Waals surface area contributed by atoms with Crippen LogP contribution in [-0.2, 0) is 4.79 Å². The van der Waals surface area contributed by atoms with Gasteiger partial charge < -0.3 is 16.2 Å². The normalized spacial score (nSPS) is 25.4.